The van der Waals surface area contributed by atoms with E-state index in [1.165, 1.54) is 10.9 Å². The molecular formula is C13H15N6O4. The van der Waals surface area contributed by atoms with Crippen LogP contribution in [0.2, 0.25) is 0 Å². The molecule has 2 aromatic rings. The summed E-state index contributed by atoms with van der Waals surface area (Å²) >= 11 is 0. The Morgan fingerprint density at radius 1 is 1.65 bits per heavy atom. The molecule has 3 rings (SSSR count). The van der Waals surface area contributed by atoms with Gasteiger partial charge in [-0.3, -0.25) is 14.3 Å². The van der Waals surface area contributed by atoms with Crippen LogP contribution in [0.15, 0.2) is 11.1 Å². The van der Waals surface area contributed by atoms with E-state index in [1.54, 1.807) is 0 Å². The number of nitrogens with one attached hydrogen (secondary N) is 1. The lowest BCUT2D eigenvalue weighted by molar-refractivity contribution is -0.0494. The molecule has 23 heavy (non-hydrogen) atoms. The highest BCUT2D eigenvalue weighted by atomic mass is 16.5. The summed E-state index contributed by atoms with van der Waals surface area (Å²) in [7, 11) is 0. The number of aromatic nitrogens is 4. The lowest BCUT2D eigenvalue weighted by atomic mass is 9.87. The first-order valence-corrected chi connectivity index (χ1v) is 6.87. The van der Waals surface area contributed by atoms with Crippen molar-refractivity contribution in [1.82, 2.24) is 19.5 Å². The lowest BCUT2D eigenvalue weighted by Crippen LogP contribution is -2.32. The van der Waals surface area contributed by atoms with E-state index in [2.05, 4.69) is 21.9 Å². The van der Waals surface area contributed by atoms with E-state index < -0.39 is 35.8 Å². The summed E-state index contributed by atoms with van der Waals surface area (Å²) in [6, 6.07) is 1.95. The number of aliphatic hydroxyl groups excluding tert-OH is 2. The SMILES string of the molecule is [CH2]C(C#N)C1C(O)[C@H](n2cnc3c(=O)[nH]c(N)nc32)O[C@@H]1CO. The van der Waals surface area contributed by atoms with Gasteiger partial charge >= 0.3 is 0 Å². The zero-order valence-corrected chi connectivity index (χ0v) is 12.0. The topological polar surface area (TPSA) is 163 Å². The highest BCUT2D eigenvalue weighted by Gasteiger charge is 2.47. The third-order valence-electron chi connectivity index (χ3n) is 3.97. The molecular weight excluding hydrogens is 304 g/mol. The molecule has 5 atom stereocenters. The molecule has 0 amide bonds. The number of anilines is 1. The minimum atomic E-state index is -1.13. The number of aliphatic hydroxyl groups is 2. The Labute approximate surface area is 130 Å². The van der Waals surface area contributed by atoms with E-state index in [0.717, 1.165) is 0 Å². The molecule has 3 unspecified atom stereocenters. The second-order valence-electron chi connectivity index (χ2n) is 5.33. The number of hydrogen-bond donors (Lipinski definition) is 4. The third-order valence-corrected chi connectivity index (χ3v) is 3.97. The smallest absolute Gasteiger partial charge is 0.280 e. The van der Waals surface area contributed by atoms with E-state index >= 15 is 0 Å². The second-order valence-corrected chi connectivity index (χ2v) is 5.33. The average molecular weight is 319 g/mol. The van der Waals surface area contributed by atoms with Gasteiger partial charge < -0.3 is 20.7 Å². The molecule has 0 bridgehead atoms. The van der Waals surface area contributed by atoms with Gasteiger partial charge in [-0.25, -0.2) is 4.98 Å². The number of nitrogens with two attached hydrogens (primary N) is 1. The largest absolute Gasteiger partial charge is 0.394 e. The lowest BCUT2D eigenvalue weighted by Gasteiger charge is -2.20. The molecule has 3 heterocycles. The summed E-state index contributed by atoms with van der Waals surface area (Å²) in [5, 5.41) is 29.0. The summed E-state index contributed by atoms with van der Waals surface area (Å²) in [6.07, 6.45) is -1.57. The number of fused-ring (bicyclic) bond motifs is 1. The van der Waals surface area contributed by atoms with E-state index in [9.17, 15) is 15.0 Å². The van der Waals surface area contributed by atoms with Crippen LogP contribution >= 0.6 is 0 Å². The molecule has 0 aliphatic carbocycles. The van der Waals surface area contributed by atoms with Crippen molar-refractivity contribution < 1.29 is 14.9 Å². The minimum Gasteiger partial charge on any atom is -0.394 e. The first kappa shape index (κ1) is 15.4. The summed E-state index contributed by atoms with van der Waals surface area (Å²) in [4.78, 5) is 22.1. The summed E-state index contributed by atoms with van der Waals surface area (Å²) in [5.74, 6) is -1.56. The normalized spacial score (nSPS) is 28.8. The van der Waals surface area contributed by atoms with Crippen LogP contribution in [0.25, 0.3) is 11.2 Å². The number of nitrogen functional groups attached to an aromatic ring is 1. The van der Waals surface area contributed by atoms with Crippen molar-refractivity contribution >= 4 is 17.1 Å². The maximum absolute atomic E-state index is 11.8. The molecule has 1 aliphatic rings. The maximum Gasteiger partial charge on any atom is 0.280 e. The molecule has 121 valence electrons. The number of nitrogens with zero attached hydrogens (tertiary/aromatic N) is 4. The number of imidazole rings is 1. The van der Waals surface area contributed by atoms with Gasteiger partial charge in [0.25, 0.3) is 5.56 Å². The first-order valence-electron chi connectivity index (χ1n) is 6.87. The van der Waals surface area contributed by atoms with Gasteiger partial charge in [-0.05, 0) is 6.92 Å². The van der Waals surface area contributed by atoms with Crippen LogP contribution in [-0.2, 0) is 4.74 Å². The summed E-state index contributed by atoms with van der Waals surface area (Å²) < 4.78 is 6.99. The predicted molar refractivity (Wildman–Crippen MR) is 77.5 cm³/mol. The zero-order chi connectivity index (χ0) is 16.7. The molecule has 0 saturated carbocycles. The van der Waals surface area contributed by atoms with Gasteiger partial charge in [0.1, 0.15) is 6.10 Å². The standard InChI is InChI=1S/C13H15N6O4/c1-5(2-14)7-6(3-20)23-12(9(7)21)19-4-16-8-10(19)17-13(15)18-11(8)22/h4-7,9,12,20-21H,1,3H2,(H3,15,17,18,22)/t5?,6-,7?,9?,12-/m1/s1. The van der Waals surface area contributed by atoms with Crippen molar-refractivity contribution in [3.63, 3.8) is 0 Å². The zero-order valence-electron chi connectivity index (χ0n) is 12.0. The van der Waals surface area contributed by atoms with E-state index in [1.807, 2.05) is 6.07 Å². The second kappa shape index (κ2) is 5.62. The Morgan fingerprint density at radius 3 is 3.04 bits per heavy atom. The van der Waals surface area contributed by atoms with E-state index in [0.29, 0.717) is 0 Å². The maximum atomic E-state index is 11.8. The van der Waals surface area contributed by atoms with Gasteiger partial charge in [0, 0.05) is 5.92 Å². The molecule has 0 aromatic carbocycles. The fraction of sp³-hybridized carbons (Fsp3) is 0.462. The Morgan fingerprint density at radius 2 is 2.39 bits per heavy atom. The number of aromatic amines is 1. The van der Waals surface area contributed by atoms with Crippen molar-refractivity contribution in [3.05, 3.63) is 23.6 Å². The van der Waals surface area contributed by atoms with Gasteiger partial charge in [-0.2, -0.15) is 10.2 Å². The van der Waals surface area contributed by atoms with Crippen LogP contribution in [0.4, 0.5) is 5.95 Å². The fourth-order valence-corrected chi connectivity index (χ4v) is 2.87. The molecule has 1 aliphatic heterocycles. The monoisotopic (exact) mass is 319 g/mol. The first-order chi connectivity index (χ1) is 11.0. The quantitative estimate of drug-likeness (QED) is 0.533. The Kier molecular flexibility index (Phi) is 3.77. The number of rotatable bonds is 3. The van der Waals surface area contributed by atoms with Crippen LogP contribution in [0.5, 0.6) is 0 Å². The number of ether oxygens (including phenoxy) is 1. The molecule has 1 fully saturated rings. The van der Waals surface area contributed by atoms with Crippen molar-refractivity contribution in [2.75, 3.05) is 12.3 Å². The molecule has 2 aromatic heterocycles. The van der Waals surface area contributed by atoms with Crippen LogP contribution in [0.3, 0.4) is 0 Å². The highest BCUT2D eigenvalue weighted by molar-refractivity contribution is 5.70. The van der Waals surface area contributed by atoms with Crippen LogP contribution in [0, 0.1) is 30.1 Å². The van der Waals surface area contributed by atoms with Crippen LogP contribution < -0.4 is 11.3 Å². The molecule has 10 nitrogen and oxygen atoms in total. The van der Waals surface area contributed by atoms with E-state index in [-0.39, 0.29) is 23.7 Å². The van der Waals surface area contributed by atoms with Crippen molar-refractivity contribution in [2.24, 2.45) is 11.8 Å². The van der Waals surface area contributed by atoms with E-state index in [4.69, 9.17) is 15.7 Å². The number of H-pyrrole nitrogens is 1. The summed E-state index contributed by atoms with van der Waals surface area (Å²) in [5.41, 5.74) is 5.21. The third kappa shape index (κ3) is 2.35. The average Bonchev–Trinajstić information content (AvgIpc) is 3.07. The van der Waals surface area contributed by atoms with Crippen molar-refractivity contribution in [2.45, 2.75) is 18.4 Å². The number of nitriles is 1. The highest BCUT2D eigenvalue weighted by Crippen LogP contribution is 2.38. The predicted octanol–water partition coefficient (Wildman–Crippen LogP) is -1.46. The number of hydrogen-bond acceptors (Lipinski definition) is 8. The Hall–Kier alpha value is -2.48. The van der Waals surface area contributed by atoms with Gasteiger partial charge in [0.2, 0.25) is 5.95 Å². The molecule has 10 heteroatoms. The van der Waals surface area contributed by atoms with Crippen LogP contribution in [0.1, 0.15) is 6.23 Å². The fourth-order valence-electron chi connectivity index (χ4n) is 2.87. The van der Waals surface area contributed by atoms with Gasteiger partial charge in [0.05, 0.1) is 31.0 Å². The summed E-state index contributed by atoms with van der Waals surface area (Å²) in [6.45, 7) is 3.29. The molecule has 1 radical (unpaired) electrons. The Bertz CT molecular complexity index is 824. The van der Waals surface area contributed by atoms with Gasteiger partial charge in [-0.1, -0.05) is 0 Å². The molecule has 5 N–H and O–H groups in total. The van der Waals surface area contributed by atoms with Crippen molar-refractivity contribution in [3.8, 4) is 6.07 Å². The van der Waals surface area contributed by atoms with Crippen molar-refractivity contribution in [1.29, 1.82) is 5.26 Å². The Balaban J connectivity index is 2.06. The minimum absolute atomic E-state index is 0.0467. The van der Waals surface area contributed by atoms with Crippen LogP contribution in [-0.4, -0.2) is 48.5 Å². The van der Waals surface area contributed by atoms with Gasteiger partial charge in [-0.15, -0.1) is 0 Å². The molecule has 0 spiro atoms. The molecule has 1 saturated heterocycles. The van der Waals surface area contributed by atoms with Gasteiger partial charge in [0.15, 0.2) is 17.4 Å².